The van der Waals surface area contributed by atoms with Gasteiger partial charge in [-0.05, 0) is 33.1 Å². The van der Waals surface area contributed by atoms with E-state index in [1.807, 2.05) is 13.8 Å². The first kappa shape index (κ1) is 15.8. The number of hydrogen-bond acceptors (Lipinski definition) is 6. The highest BCUT2D eigenvalue weighted by Gasteiger charge is 2.31. The molecule has 1 heterocycles. The van der Waals surface area contributed by atoms with Gasteiger partial charge in [0.1, 0.15) is 5.92 Å². The average molecular weight is 311 g/mol. The van der Waals surface area contributed by atoms with Crippen LogP contribution in [0.1, 0.15) is 43.2 Å². The van der Waals surface area contributed by atoms with Gasteiger partial charge < -0.3 is 15.4 Å². The number of aromatic nitrogens is 1. The number of carbonyl (C=O) groups is 2. The molecule has 1 aromatic rings. The van der Waals surface area contributed by atoms with Crippen molar-refractivity contribution in [3.8, 4) is 0 Å². The van der Waals surface area contributed by atoms with Gasteiger partial charge in [-0.1, -0.05) is 0 Å². The molecule has 21 heavy (non-hydrogen) atoms. The van der Waals surface area contributed by atoms with Crippen LogP contribution in [0.5, 0.6) is 0 Å². The van der Waals surface area contributed by atoms with Gasteiger partial charge in [0.15, 0.2) is 5.13 Å². The molecular weight excluding hydrogens is 290 g/mol. The van der Waals surface area contributed by atoms with Crippen LogP contribution in [0.2, 0.25) is 0 Å². The number of amides is 1. The molecular formula is C14H21N3O3S. The fourth-order valence-electron chi connectivity index (χ4n) is 2.38. The summed E-state index contributed by atoms with van der Waals surface area (Å²) in [5, 5.41) is 6.44. The molecule has 116 valence electrons. The predicted molar refractivity (Wildman–Crippen MR) is 81.6 cm³/mol. The number of anilines is 1. The Hall–Kier alpha value is -1.63. The van der Waals surface area contributed by atoms with Crippen molar-refractivity contribution in [1.82, 2.24) is 10.3 Å². The summed E-state index contributed by atoms with van der Waals surface area (Å²) in [4.78, 5) is 29.0. The third-order valence-electron chi connectivity index (χ3n) is 3.30. The van der Waals surface area contributed by atoms with Crippen LogP contribution in [-0.2, 0) is 20.7 Å². The van der Waals surface area contributed by atoms with Crippen molar-refractivity contribution in [2.75, 3.05) is 25.0 Å². The topological polar surface area (TPSA) is 80.3 Å². The van der Waals surface area contributed by atoms with Gasteiger partial charge in [0.2, 0.25) is 5.91 Å². The van der Waals surface area contributed by atoms with E-state index in [-0.39, 0.29) is 24.3 Å². The zero-order valence-electron chi connectivity index (χ0n) is 12.4. The maximum absolute atomic E-state index is 12.0. The van der Waals surface area contributed by atoms with Crippen molar-refractivity contribution in [3.05, 3.63) is 10.6 Å². The third-order valence-corrected chi connectivity index (χ3v) is 4.39. The van der Waals surface area contributed by atoms with Crippen molar-refractivity contribution in [3.63, 3.8) is 0 Å². The SMILES string of the molecule is CCNC(=O)CNc1nc2c(s1)CCCC2C(=O)OCC. The molecule has 1 unspecified atom stereocenters. The second-order valence-electron chi connectivity index (χ2n) is 4.83. The van der Waals surface area contributed by atoms with Gasteiger partial charge in [-0.2, -0.15) is 0 Å². The zero-order valence-corrected chi connectivity index (χ0v) is 13.2. The van der Waals surface area contributed by atoms with Gasteiger partial charge in [0.25, 0.3) is 0 Å². The number of likely N-dealkylation sites (N-methyl/N-ethyl adjacent to an activating group) is 1. The lowest BCUT2D eigenvalue weighted by Gasteiger charge is -2.19. The van der Waals surface area contributed by atoms with E-state index in [0.717, 1.165) is 29.8 Å². The summed E-state index contributed by atoms with van der Waals surface area (Å²) in [6.45, 7) is 4.88. The lowest BCUT2D eigenvalue weighted by Crippen LogP contribution is -2.29. The number of aryl methyl sites for hydroxylation is 1. The molecule has 0 spiro atoms. The average Bonchev–Trinajstić information content (AvgIpc) is 2.88. The van der Waals surface area contributed by atoms with Gasteiger partial charge in [-0.3, -0.25) is 9.59 Å². The van der Waals surface area contributed by atoms with Gasteiger partial charge in [0, 0.05) is 11.4 Å². The number of nitrogens with zero attached hydrogens (tertiary/aromatic N) is 1. The Morgan fingerprint density at radius 3 is 2.95 bits per heavy atom. The van der Waals surface area contributed by atoms with Crippen molar-refractivity contribution in [1.29, 1.82) is 0 Å². The van der Waals surface area contributed by atoms with Gasteiger partial charge in [-0.25, -0.2) is 4.98 Å². The number of ether oxygens (including phenoxy) is 1. The first-order chi connectivity index (χ1) is 10.2. The lowest BCUT2D eigenvalue weighted by atomic mass is 9.91. The minimum atomic E-state index is -0.259. The molecule has 0 saturated heterocycles. The minimum Gasteiger partial charge on any atom is -0.465 e. The van der Waals surface area contributed by atoms with Crippen LogP contribution in [0.15, 0.2) is 0 Å². The summed E-state index contributed by atoms with van der Waals surface area (Å²) >= 11 is 1.52. The molecule has 2 N–H and O–H groups in total. The molecule has 0 aliphatic heterocycles. The number of thiazole rings is 1. The molecule has 0 aromatic carbocycles. The van der Waals surface area contributed by atoms with Crippen LogP contribution in [-0.4, -0.2) is 36.6 Å². The number of fused-ring (bicyclic) bond motifs is 1. The van der Waals surface area contributed by atoms with Gasteiger partial charge >= 0.3 is 5.97 Å². The molecule has 1 amide bonds. The highest BCUT2D eigenvalue weighted by atomic mass is 32.1. The minimum absolute atomic E-state index is 0.0624. The van der Waals surface area contributed by atoms with Crippen molar-refractivity contribution in [2.24, 2.45) is 0 Å². The van der Waals surface area contributed by atoms with E-state index < -0.39 is 0 Å². The van der Waals surface area contributed by atoms with Crippen LogP contribution in [0, 0.1) is 0 Å². The van der Waals surface area contributed by atoms with Crippen LogP contribution in [0.4, 0.5) is 5.13 Å². The van der Waals surface area contributed by atoms with E-state index in [1.165, 1.54) is 11.3 Å². The number of hydrogen-bond donors (Lipinski definition) is 2. The Kier molecular flexibility index (Phi) is 5.55. The first-order valence-corrected chi connectivity index (χ1v) is 8.14. The quantitative estimate of drug-likeness (QED) is 0.781. The zero-order chi connectivity index (χ0) is 15.2. The van der Waals surface area contributed by atoms with Crippen LogP contribution in [0.25, 0.3) is 0 Å². The molecule has 0 bridgehead atoms. The second kappa shape index (κ2) is 7.40. The van der Waals surface area contributed by atoms with Crippen LogP contribution >= 0.6 is 11.3 Å². The third kappa shape index (κ3) is 3.93. The summed E-state index contributed by atoms with van der Waals surface area (Å²) in [7, 11) is 0. The van der Waals surface area contributed by atoms with Crippen LogP contribution < -0.4 is 10.6 Å². The monoisotopic (exact) mass is 311 g/mol. The standard InChI is InChI=1S/C14H21N3O3S/c1-3-15-11(18)8-16-14-17-12-9(13(19)20-4-2)6-5-7-10(12)21-14/h9H,3-8H2,1-2H3,(H,15,18)(H,16,17). The van der Waals surface area contributed by atoms with E-state index in [1.54, 1.807) is 0 Å². The molecule has 7 heteroatoms. The highest BCUT2D eigenvalue weighted by Crippen LogP contribution is 2.37. The maximum atomic E-state index is 12.0. The molecule has 1 aliphatic carbocycles. The van der Waals surface area contributed by atoms with E-state index >= 15 is 0 Å². The number of rotatable bonds is 6. The first-order valence-electron chi connectivity index (χ1n) is 7.32. The molecule has 6 nitrogen and oxygen atoms in total. The van der Waals surface area contributed by atoms with E-state index in [2.05, 4.69) is 15.6 Å². The van der Waals surface area contributed by atoms with Crippen LogP contribution in [0.3, 0.4) is 0 Å². The summed E-state index contributed by atoms with van der Waals surface area (Å²) in [6, 6.07) is 0. The summed E-state index contributed by atoms with van der Waals surface area (Å²) in [5.74, 6) is -0.517. The highest BCUT2D eigenvalue weighted by molar-refractivity contribution is 7.15. The number of carbonyl (C=O) groups excluding carboxylic acids is 2. The molecule has 2 rings (SSSR count). The second-order valence-corrected chi connectivity index (χ2v) is 5.91. The van der Waals surface area contributed by atoms with E-state index in [4.69, 9.17) is 4.74 Å². The Labute approximate surface area is 128 Å². The molecule has 0 radical (unpaired) electrons. The van der Waals surface area contributed by atoms with Crippen molar-refractivity contribution < 1.29 is 14.3 Å². The Balaban J connectivity index is 2.04. The molecule has 1 aliphatic rings. The molecule has 0 saturated carbocycles. The van der Waals surface area contributed by atoms with E-state index in [9.17, 15) is 9.59 Å². The maximum Gasteiger partial charge on any atom is 0.315 e. The normalized spacial score (nSPS) is 17.0. The molecule has 1 atom stereocenters. The Morgan fingerprint density at radius 1 is 1.43 bits per heavy atom. The predicted octanol–water partition coefficient (Wildman–Crippen LogP) is 1.67. The van der Waals surface area contributed by atoms with Crippen molar-refractivity contribution in [2.45, 2.75) is 39.0 Å². The summed E-state index contributed by atoms with van der Waals surface area (Å²) < 4.78 is 5.12. The number of nitrogens with one attached hydrogen (secondary N) is 2. The Morgan fingerprint density at radius 2 is 2.24 bits per heavy atom. The van der Waals surface area contributed by atoms with E-state index in [0.29, 0.717) is 18.3 Å². The fraction of sp³-hybridized carbons (Fsp3) is 0.643. The largest absolute Gasteiger partial charge is 0.465 e. The van der Waals surface area contributed by atoms with Crippen molar-refractivity contribution >= 4 is 28.3 Å². The fourth-order valence-corrected chi connectivity index (χ4v) is 3.44. The lowest BCUT2D eigenvalue weighted by molar-refractivity contribution is -0.145. The van der Waals surface area contributed by atoms with Gasteiger partial charge in [0.05, 0.1) is 18.8 Å². The smallest absolute Gasteiger partial charge is 0.315 e. The Bertz CT molecular complexity index is 516. The summed E-state index contributed by atoms with van der Waals surface area (Å²) in [6.07, 6.45) is 2.69. The molecule has 0 fully saturated rings. The molecule has 1 aromatic heterocycles. The summed E-state index contributed by atoms with van der Waals surface area (Å²) in [5.41, 5.74) is 0.822. The number of esters is 1. The van der Waals surface area contributed by atoms with Gasteiger partial charge in [-0.15, -0.1) is 11.3 Å².